The highest BCUT2D eigenvalue weighted by Crippen LogP contribution is 2.33. The average molecular weight is 391 g/mol. The monoisotopic (exact) mass is 390 g/mol. The Bertz CT molecular complexity index is 940. The Hall–Kier alpha value is -1.85. The molecule has 4 rings (SSSR count). The molecule has 12 heteroatoms. The van der Waals surface area contributed by atoms with Crippen LogP contribution in [0.3, 0.4) is 0 Å². The molecule has 0 spiro atoms. The summed E-state index contributed by atoms with van der Waals surface area (Å²) in [6.45, 7) is 1.61. The Balaban J connectivity index is 1.63. The fourth-order valence-corrected chi connectivity index (χ4v) is 3.57. The van der Waals surface area contributed by atoms with E-state index in [1.165, 1.54) is 16.2 Å². The van der Waals surface area contributed by atoms with Crippen molar-refractivity contribution in [3.8, 4) is 0 Å². The number of thioether (sulfide) groups is 1. The Kier molecular flexibility index (Phi) is 4.08. The quantitative estimate of drug-likeness (QED) is 0.640. The van der Waals surface area contributed by atoms with E-state index < -0.39 is 11.7 Å². The van der Waals surface area contributed by atoms with Crippen LogP contribution in [-0.4, -0.2) is 36.0 Å². The van der Waals surface area contributed by atoms with Crippen molar-refractivity contribution in [1.29, 1.82) is 0 Å². The molecule has 0 fully saturated rings. The highest BCUT2D eigenvalue weighted by atomic mass is 35.5. The van der Waals surface area contributed by atoms with Crippen molar-refractivity contribution < 1.29 is 17.9 Å². The molecule has 0 saturated carbocycles. The van der Waals surface area contributed by atoms with Crippen LogP contribution in [0, 0.1) is 0 Å². The van der Waals surface area contributed by atoms with Crippen molar-refractivity contribution in [2.24, 2.45) is 0 Å². The first-order valence-corrected chi connectivity index (χ1v) is 8.53. The predicted molar refractivity (Wildman–Crippen MR) is 82.2 cm³/mol. The number of alkyl halides is 3. The van der Waals surface area contributed by atoms with E-state index in [2.05, 4.69) is 20.4 Å². The van der Waals surface area contributed by atoms with Gasteiger partial charge in [-0.3, -0.25) is 4.40 Å². The molecule has 0 unspecified atom stereocenters. The molecule has 132 valence electrons. The number of hydrogen-bond acceptors (Lipinski definition) is 6. The molecule has 3 aromatic heterocycles. The number of nitrogens with zero attached hydrogens (tertiary/aromatic N) is 6. The van der Waals surface area contributed by atoms with E-state index in [9.17, 15) is 13.2 Å². The maximum absolute atomic E-state index is 13.0. The zero-order chi connectivity index (χ0) is 17.6. The number of hydrogen-bond donors (Lipinski definition) is 0. The van der Waals surface area contributed by atoms with E-state index in [4.69, 9.17) is 16.3 Å². The zero-order valence-corrected chi connectivity index (χ0v) is 14.1. The van der Waals surface area contributed by atoms with Gasteiger partial charge >= 0.3 is 6.18 Å². The smallest absolute Gasteiger partial charge is 0.372 e. The number of aromatic nitrogens is 6. The lowest BCUT2D eigenvalue weighted by atomic mass is 10.3. The van der Waals surface area contributed by atoms with Crippen LogP contribution in [0.1, 0.15) is 17.2 Å². The summed E-state index contributed by atoms with van der Waals surface area (Å²) >= 11 is 7.12. The topological polar surface area (TPSA) is 70.1 Å². The minimum atomic E-state index is -4.50. The van der Waals surface area contributed by atoms with E-state index in [0.717, 1.165) is 18.1 Å². The summed E-state index contributed by atoms with van der Waals surface area (Å²) in [6.07, 6.45) is -3.56. The molecular weight excluding hydrogens is 381 g/mol. The second kappa shape index (κ2) is 6.15. The summed E-state index contributed by atoms with van der Waals surface area (Å²) in [4.78, 5) is 0. The van der Waals surface area contributed by atoms with Gasteiger partial charge in [-0.05, 0) is 6.07 Å². The van der Waals surface area contributed by atoms with Crippen molar-refractivity contribution in [2.45, 2.75) is 30.2 Å². The molecule has 0 atom stereocenters. The van der Waals surface area contributed by atoms with Gasteiger partial charge in [-0.25, -0.2) is 0 Å². The average Bonchev–Trinajstić information content (AvgIpc) is 3.16. The molecule has 0 bridgehead atoms. The second-order valence-electron chi connectivity index (χ2n) is 5.28. The minimum Gasteiger partial charge on any atom is -0.372 e. The molecule has 0 N–H and O–H groups in total. The van der Waals surface area contributed by atoms with Crippen molar-refractivity contribution in [2.75, 3.05) is 6.61 Å². The SMILES string of the molecule is FC(F)(F)c1cc(Cl)c2nnc(SCc3nnc4n3CCOC4)n2c1. The first-order valence-electron chi connectivity index (χ1n) is 7.16. The largest absolute Gasteiger partial charge is 0.417 e. The standard InChI is InChI=1S/C13H10ClF3N6OS/c14-8-3-7(13(15,16)17)4-23-11(8)20-21-12(23)25-6-10-19-18-9-5-24-2-1-22(9)10/h3-4H,1-2,5-6H2. The third-order valence-electron chi connectivity index (χ3n) is 3.68. The van der Waals surface area contributed by atoms with E-state index in [-0.39, 0.29) is 10.7 Å². The van der Waals surface area contributed by atoms with Gasteiger partial charge in [-0.2, -0.15) is 13.2 Å². The van der Waals surface area contributed by atoms with Crippen LogP contribution in [0.4, 0.5) is 13.2 Å². The molecule has 25 heavy (non-hydrogen) atoms. The van der Waals surface area contributed by atoms with Crippen LogP contribution in [0.15, 0.2) is 17.4 Å². The molecule has 0 aromatic carbocycles. The third kappa shape index (κ3) is 3.07. The summed E-state index contributed by atoms with van der Waals surface area (Å²) in [5, 5.41) is 16.1. The zero-order valence-electron chi connectivity index (χ0n) is 12.5. The van der Waals surface area contributed by atoms with Gasteiger partial charge in [0.1, 0.15) is 12.4 Å². The van der Waals surface area contributed by atoms with Gasteiger partial charge in [0.2, 0.25) is 0 Å². The molecule has 1 aliphatic rings. The summed E-state index contributed by atoms with van der Waals surface area (Å²) in [5.74, 6) is 1.83. The van der Waals surface area contributed by atoms with Crippen LogP contribution in [0.25, 0.3) is 5.65 Å². The summed E-state index contributed by atoms with van der Waals surface area (Å²) in [5.41, 5.74) is -0.683. The Morgan fingerprint density at radius 2 is 2.08 bits per heavy atom. The molecule has 0 radical (unpaired) electrons. The fourth-order valence-electron chi connectivity index (χ4n) is 2.48. The van der Waals surface area contributed by atoms with Crippen molar-refractivity contribution in [1.82, 2.24) is 29.4 Å². The van der Waals surface area contributed by atoms with Crippen molar-refractivity contribution in [3.63, 3.8) is 0 Å². The highest BCUT2D eigenvalue weighted by molar-refractivity contribution is 7.98. The lowest BCUT2D eigenvalue weighted by molar-refractivity contribution is -0.137. The van der Waals surface area contributed by atoms with E-state index >= 15 is 0 Å². The number of pyridine rings is 1. The van der Waals surface area contributed by atoms with Crippen molar-refractivity contribution >= 4 is 29.0 Å². The molecule has 4 heterocycles. The summed E-state index contributed by atoms with van der Waals surface area (Å²) in [6, 6.07) is 0.842. The minimum absolute atomic E-state index is 0.105. The molecule has 3 aromatic rings. The van der Waals surface area contributed by atoms with Crippen molar-refractivity contribution in [3.05, 3.63) is 34.5 Å². The van der Waals surface area contributed by atoms with Gasteiger partial charge in [0.15, 0.2) is 16.6 Å². The number of halogens is 4. The summed E-state index contributed by atoms with van der Waals surface area (Å²) < 4.78 is 47.4. The van der Waals surface area contributed by atoms with Crippen LogP contribution >= 0.6 is 23.4 Å². The molecule has 1 aliphatic heterocycles. The van der Waals surface area contributed by atoms with Gasteiger partial charge in [-0.1, -0.05) is 23.4 Å². The number of rotatable bonds is 3. The number of ether oxygens (including phenoxy) is 1. The van der Waals surface area contributed by atoms with Crippen LogP contribution in [0.2, 0.25) is 5.02 Å². The first kappa shape index (κ1) is 16.6. The lowest BCUT2D eigenvalue weighted by Gasteiger charge is -2.15. The molecule has 0 amide bonds. The summed E-state index contributed by atoms with van der Waals surface area (Å²) in [7, 11) is 0. The van der Waals surface area contributed by atoms with Crippen LogP contribution in [0.5, 0.6) is 0 Å². The predicted octanol–water partition coefficient (Wildman–Crippen LogP) is 2.82. The maximum atomic E-state index is 13.0. The lowest BCUT2D eigenvalue weighted by Crippen LogP contribution is -2.18. The van der Waals surface area contributed by atoms with Gasteiger partial charge in [0.25, 0.3) is 0 Å². The van der Waals surface area contributed by atoms with E-state index in [1.54, 1.807) is 0 Å². The normalized spacial score (nSPS) is 14.9. The molecule has 7 nitrogen and oxygen atoms in total. The Morgan fingerprint density at radius 1 is 1.24 bits per heavy atom. The first-order chi connectivity index (χ1) is 11.9. The van der Waals surface area contributed by atoms with Gasteiger partial charge in [0, 0.05) is 12.7 Å². The molecule has 0 saturated heterocycles. The maximum Gasteiger partial charge on any atom is 0.417 e. The van der Waals surface area contributed by atoms with Gasteiger partial charge < -0.3 is 9.30 Å². The van der Waals surface area contributed by atoms with E-state index in [0.29, 0.717) is 36.5 Å². The highest BCUT2D eigenvalue weighted by Gasteiger charge is 2.32. The van der Waals surface area contributed by atoms with Gasteiger partial charge in [0.05, 0.1) is 22.9 Å². The Morgan fingerprint density at radius 3 is 2.88 bits per heavy atom. The van der Waals surface area contributed by atoms with Crippen LogP contribution in [-0.2, 0) is 29.8 Å². The van der Waals surface area contributed by atoms with Crippen LogP contribution < -0.4 is 0 Å². The number of fused-ring (bicyclic) bond motifs is 2. The molecule has 0 aliphatic carbocycles. The van der Waals surface area contributed by atoms with E-state index in [1.807, 2.05) is 4.57 Å². The Labute approximate surface area is 148 Å². The van der Waals surface area contributed by atoms with Gasteiger partial charge in [-0.15, -0.1) is 20.4 Å². The fraction of sp³-hybridized carbons (Fsp3) is 0.385. The second-order valence-corrected chi connectivity index (χ2v) is 6.63. The molecular formula is C13H10ClF3N6OS. The third-order valence-corrected chi connectivity index (χ3v) is 4.90.